The smallest absolute Gasteiger partial charge is 0.238 e. The molecule has 2 aromatic rings. The van der Waals surface area contributed by atoms with E-state index >= 15 is 0 Å². The van der Waals surface area contributed by atoms with Crippen molar-refractivity contribution >= 4 is 23.2 Å². The second-order valence-electron chi connectivity index (χ2n) is 4.82. The average Bonchev–Trinajstić information content (AvgIpc) is 2.41. The molecule has 0 bridgehead atoms. The molecule has 0 unspecified atom stereocenters. The lowest BCUT2D eigenvalue weighted by molar-refractivity contribution is -0.117. The van der Waals surface area contributed by atoms with Crippen LogP contribution in [0.5, 0.6) is 0 Å². The van der Waals surface area contributed by atoms with Crippen molar-refractivity contribution in [3.63, 3.8) is 0 Å². The van der Waals surface area contributed by atoms with Gasteiger partial charge in [-0.15, -0.1) is 0 Å². The number of anilines is 1. The van der Waals surface area contributed by atoms with Gasteiger partial charge in [0.15, 0.2) is 0 Å². The summed E-state index contributed by atoms with van der Waals surface area (Å²) in [5.41, 5.74) is 1.41. The number of hydrogen-bond acceptors (Lipinski definition) is 2. The van der Waals surface area contributed by atoms with Gasteiger partial charge in [-0.25, -0.2) is 4.39 Å². The van der Waals surface area contributed by atoms with Crippen molar-refractivity contribution in [1.29, 1.82) is 0 Å². The molecule has 2 rings (SSSR count). The maximum atomic E-state index is 13.0. The Balaban J connectivity index is 1.89. The van der Waals surface area contributed by atoms with E-state index in [9.17, 15) is 9.18 Å². The molecule has 2 aromatic carbocycles. The summed E-state index contributed by atoms with van der Waals surface area (Å²) < 4.78 is 13.0. The SMILES string of the molecule is CN(CC(=O)Nc1cccc(F)c1)Cc1ccccc1Cl. The summed E-state index contributed by atoms with van der Waals surface area (Å²) in [5.74, 6) is -0.577. The molecule has 110 valence electrons. The number of hydrogen-bond donors (Lipinski definition) is 1. The van der Waals surface area contributed by atoms with Crippen molar-refractivity contribution in [3.8, 4) is 0 Å². The molecule has 0 aliphatic heterocycles. The zero-order chi connectivity index (χ0) is 15.2. The van der Waals surface area contributed by atoms with Crippen molar-refractivity contribution < 1.29 is 9.18 Å². The molecule has 0 saturated heterocycles. The maximum Gasteiger partial charge on any atom is 0.238 e. The molecule has 21 heavy (non-hydrogen) atoms. The highest BCUT2D eigenvalue weighted by Crippen LogP contribution is 2.16. The number of carbonyl (C=O) groups excluding carboxylic acids is 1. The molecule has 1 amide bonds. The first-order chi connectivity index (χ1) is 10.0. The van der Waals surface area contributed by atoms with Crippen LogP contribution in [0.15, 0.2) is 48.5 Å². The number of halogens is 2. The van der Waals surface area contributed by atoms with E-state index in [4.69, 9.17) is 11.6 Å². The summed E-state index contributed by atoms with van der Waals surface area (Å²) in [6, 6.07) is 13.3. The molecule has 5 heteroatoms. The average molecular weight is 307 g/mol. The summed E-state index contributed by atoms with van der Waals surface area (Å²) in [4.78, 5) is 13.7. The number of nitrogens with zero attached hydrogens (tertiary/aromatic N) is 1. The Morgan fingerprint density at radius 1 is 1.24 bits per heavy atom. The Morgan fingerprint density at radius 3 is 2.71 bits per heavy atom. The first-order valence-electron chi connectivity index (χ1n) is 6.52. The third kappa shape index (κ3) is 4.85. The minimum atomic E-state index is -0.378. The van der Waals surface area contributed by atoms with Crippen molar-refractivity contribution in [2.24, 2.45) is 0 Å². The van der Waals surface area contributed by atoms with Crippen LogP contribution in [0.4, 0.5) is 10.1 Å². The number of nitrogens with one attached hydrogen (secondary N) is 1. The molecule has 0 aromatic heterocycles. The van der Waals surface area contributed by atoms with E-state index in [0.29, 0.717) is 17.3 Å². The van der Waals surface area contributed by atoms with E-state index in [0.717, 1.165) is 5.56 Å². The lowest BCUT2D eigenvalue weighted by Gasteiger charge is -2.17. The van der Waals surface area contributed by atoms with E-state index in [-0.39, 0.29) is 18.3 Å². The third-order valence-electron chi connectivity index (χ3n) is 2.92. The van der Waals surface area contributed by atoms with Crippen molar-refractivity contribution in [2.75, 3.05) is 18.9 Å². The Labute approximate surface area is 128 Å². The number of amides is 1. The molecule has 0 radical (unpaired) electrons. The maximum absolute atomic E-state index is 13.0. The van der Waals surface area contributed by atoms with Crippen LogP contribution < -0.4 is 5.32 Å². The molecule has 0 aliphatic carbocycles. The molecule has 0 spiro atoms. The summed E-state index contributed by atoms with van der Waals surface area (Å²) in [5, 5.41) is 3.34. The molecular formula is C16H16ClFN2O. The molecular weight excluding hydrogens is 291 g/mol. The fourth-order valence-electron chi connectivity index (χ4n) is 1.99. The third-order valence-corrected chi connectivity index (χ3v) is 3.29. The van der Waals surface area contributed by atoms with Crippen LogP contribution in [-0.2, 0) is 11.3 Å². The monoisotopic (exact) mass is 306 g/mol. The number of carbonyl (C=O) groups is 1. The van der Waals surface area contributed by atoms with Crippen molar-refractivity contribution in [3.05, 3.63) is 64.9 Å². The van der Waals surface area contributed by atoms with Crippen LogP contribution >= 0.6 is 11.6 Å². The van der Waals surface area contributed by atoms with E-state index < -0.39 is 0 Å². The number of likely N-dealkylation sites (N-methyl/N-ethyl adjacent to an activating group) is 1. The molecule has 0 aliphatic rings. The lowest BCUT2D eigenvalue weighted by atomic mass is 10.2. The first-order valence-corrected chi connectivity index (χ1v) is 6.90. The second kappa shape index (κ2) is 7.20. The number of rotatable bonds is 5. The Morgan fingerprint density at radius 2 is 2.00 bits per heavy atom. The van der Waals surface area contributed by atoms with Crippen LogP contribution in [0.3, 0.4) is 0 Å². The molecule has 0 heterocycles. The van der Waals surface area contributed by atoms with Gasteiger partial charge < -0.3 is 5.32 Å². The predicted octanol–water partition coefficient (Wildman–Crippen LogP) is 3.55. The summed E-state index contributed by atoms with van der Waals surface area (Å²) in [6.07, 6.45) is 0. The largest absolute Gasteiger partial charge is 0.325 e. The summed E-state index contributed by atoms with van der Waals surface area (Å²) in [7, 11) is 1.83. The minimum Gasteiger partial charge on any atom is -0.325 e. The standard InChI is InChI=1S/C16H16ClFN2O/c1-20(10-12-5-2-3-8-15(12)17)11-16(21)19-14-7-4-6-13(18)9-14/h2-9H,10-11H2,1H3,(H,19,21). The van der Waals surface area contributed by atoms with Crippen molar-refractivity contribution in [1.82, 2.24) is 4.90 Å². The fourth-order valence-corrected chi connectivity index (χ4v) is 2.18. The molecule has 1 N–H and O–H groups in total. The van der Waals surface area contributed by atoms with Crippen LogP contribution in [0.2, 0.25) is 5.02 Å². The molecule has 0 atom stereocenters. The quantitative estimate of drug-likeness (QED) is 0.916. The van der Waals surface area contributed by atoms with E-state index in [1.54, 1.807) is 12.1 Å². The van der Waals surface area contributed by atoms with Crippen molar-refractivity contribution in [2.45, 2.75) is 6.54 Å². The van der Waals surface area contributed by atoms with Gasteiger partial charge in [0.25, 0.3) is 0 Å². The lowest BCUT2D eigenvalue weighted by Crippen LogP contribution is -2.29. The van der Waals surface area contributed by atoms with Gasteiger partial charge in [0.2, 0.25) is 5.91 Å². The molecule has 0 saturated carbocycles. The highest BCUT2D eigenvalue weighted by atomic mass is 35.5. The van der Waals surface area contributed by atoms with Gasteiger partial charge in [0.05, 0.1) is 6.54 Å². The topological polar surface area (TPSA) is 32.3 Å². The Kier molecular flexibility index (Phi) is 5.31. The summed E-state index contributed by atoms with van der Waals surface area (Å²) in [6.45, 7) is 0.762. The van der Waals surface area contributed by atoms with Gasteiger partial charge in [0, 0.05) is 17.3 Å². The van der Waals surface area contributed by atoms with Gasteiger partial charge in [0.1, 0.15) is 5.82 Å². The predicted molar refractivity (Wildman–Crippen MR) is 82.8 cm³/mol. The first kappa shape index (κ1) is 15.5. The minimum absolute atomic E-state index is 0.196. The number of benzene rings is 2. The second-order valence-corrected chi connectivity index (χ2v) is 5.23. The van der Waals surface area contributed by atoms with Gasteiger partial charge >= 0.3 is 0 Å². The van der Waals surface area contributed by atoms with E-state index in [1.807, 2.05) is 36.2 Å². The van der Waals surface area contributed by atoms with Gasteiger partial charge in [-0.2, -0.15) is 0 Å². The van der Waals surface area contributed by atoms with Gasteiger partial charge in [-0.05, 0) is 36.9 Å². The van der Waals surface area contributed by atoms with E-state index in [1.165, 1.54) is 12.1 Å². The Hall–Kier alpha value is -1.91. The van der Waals surface area contributed by atoms with E-state index in [2.05, 4.69) is 5.32 Å². The van der Waals surface area contributed by atoms with Crippen LogP contribution in [-0.4, -0.2) is 24.4 Å². The highest BCUT2D eigenvalue weighted by Gasteiger charge is 2.09. The normalized spacial score (nSPS) is 10.7. The zero-order valence-corrected chi connectivity index (χ0v) is 12.4. The van der Waals surface area contributed by atoms with Crippen LogP contribution in [0, 0.1) is 5.82 Å². The highest BCUT2D eigenvalue weighted by molar-refractivity contribution is 6.31. The molecule has 0 fully saturated rings. The van der Waals surface area contributed by atoms with Gasteiger partial charge in [-0.1, -0.05) is 35.9 Å². The van der Waals surface area contributed by atoms with Crippen LogP contribution in [0.1, 0.15) is 5.56 Å². The fraction of sp³-hybridized carbons (Fsp3) is 0.188. The van der Waals surface area contributed by atoms with Crippen LogP contribution in [0.25, 0.3) is 0 Å². The summed E-state index contributed by atoms with van der Waals surface area (Å²) >= 11 is 6.08. The zero-order valence-electron chi connectivity index (χ0n) is 11.6. The Bertz CT molecular complexity index is 633. The van der Waals surface area contributed by atoms with Gasteiger partial charge in [-0.3, -0.25) is 9.69 Å². The molecule has 3 nitrogen and oxygen atoms in total.